The fraction of sp³-hybridized carbons (Fsp3) is 0.727. The van der Waals surface area contributed by atoms with Crippen LogP contribution in [0.5, 0.6) is 0 Å². The fourth-order valence-electron chi connectivity index (χ4n) is 1.09. The van der Waals surface area contributed by atoms with Crippen LogP contribution < -0.4 is 5.32 Å². The van der Waals surface area contributed by atoms with Crippen LogP contribution in [0, 0.1) is 0 Å². The number of hydrogen-bond donors (Lipinski definition) is 1. The highest BCUT2D eigenvalue weighted by molar-refractivity contribution is 5.75. The summed E-state index contributed by atoms with van der Waals surface area (Å²) in [6, 6.07) is 0. The van der Waals surface area contributed by atoms with Crippen LogP contribution in [-0.4, -0.2) is 31.6 Å². The summed E-state index contributed by atoms with van der Waals surface area (Å²) in [5.74, 6) is 0.150. The zero-order chi connectivity index (χ0) is 10.8. The summed E-state index contributed by atoms with van der Waals surface area (Å²) in [5, 5.41) is 2.84. The van der Waals surface area contributed by atoms with Gasteiger partial charge in [-0.15, -0.1) is 6.58 Å². The van der Waals surface area contributed by atoms with Crippen molar-refractivity contribution in [1.29, 1.82) is 0 Å². The molecule has 0 atom stereocenters. The van der Waals surface area contributed by atoms with Gasteiger partial charge in [0, 0.05) is 6.42 Å². The zero-order valence-electron chi connectivity index (χ0n) is 9.38. The van der Waals surface area contributed by atoms with Crippen LogP contribution in [-0.2, 0) is 4.79 Å². The molecule has 0 spiro atoms. The van der Waals surface area contributed by atoms with Gasteiger partial charge in [0.1, 0.15) is 0 Å². The summed E-state index contributed by atoms with van der Waals surface area (Å²) in [6.45, 7) is 4.29. The lowest BCUT2D eigenvalue weighted by molar-refractivity contribution is -0.121. The second-order valence-electron chi connectivity index (χ2n) is 3.73. The minimum Gasteiger partial charge on any atom is -0.343 e. The van der Waals surface area contributed by atoms with Crippen molar-refractivity contribution in [3.63, 3.8) is 0 Å². The van der Waals surface area contributed by atoms with Crippen LogP contribution in [0.4, 0.5) is 0 Å². The first-order valence-electron chi connectivity index (χ1n) is 5.19. The molecule has 1 amide bonds. The molecule has 0 aromatic rings. The van der Waals surface area contributed by atoms with E-state index in [0.717, 1.165) is 25.7 Å². The van der Waals surface area contributed by atoms with Crippen molar-refractivity contribution in [3.8, 4) is 0 Å². The topological polar surface area (TPSA) is 32.3 Å². The lowest BCUT2D eigenvalue weighted by atomic mass is 10.1. The first-order valence-corrected chi connectivity index (χ1v) is 5.19. The van der Waals surface area contributed by atoms with Crippen molar-refractivity contribution in [1.82, 2.24) is 10.2 Å². The maximum atomic E-state index is 11.2. The highest BCUT2D eigenvalue weighted by Gasteiger charge is 1.99. The number of allylic oxidation sites excluding steroid dienone is 1. The van der Waals surface area contributed by atoms with Crippen molar-refractivity contribution >= 4 is 5.91 Å². The second-order valence-corrected chi connectivity index (χ2v) is 3.73. The molecule has 0 rings (SSSR count). The number of nitrogens with zero attached hydrogens (tertiary/aromatic N) is 1. The molecule has 0 fully saturated rings. The fourth-order valence-corrected chi connectivity index (χ4v) is 1.09. The van der Waals surface area contributed by atoms with Crippen LogP contribution in [0.1, 0.15) is 32.1 Å². The molecule has 0 aliphatic carbocycles. The standard InChI is InChI=1S/C11H22N2O/c1-4-5-6-7-8-9-11(14)12-10-13(2)3/h4H,1,5-10H2,2-3H3,(H,12,14). The number of nitrogens with one attached hydrogen (secondary N) is 1. The molecule has 0 aliphatic heterocycles. The van der Waals surface area contributed by atoms with Gasteiger partial charge in [0.15, 0.2) is 0 Å². The van der Waals surface area contributed by atoms with Gasteiger partial charge in [0.2, 0.25) is 5.91 Å². The molecule has 0 aromatic carbocycles. The summed E-state index contributed by atoms with van der Waals surface area (Å²) in [4.78, 5) is 13.2. The van der Waals surface area contributed by atoms with E-state index in [2.05, 4.69) is 11.9 Å². The van der Waals surface area contributed by atoms with Crippen molar-refractivity contribution < 1.29 is 4.79 Å². The third-order valence-corrected chi connectivity index (χ3v) is 1.90. The van der Waals surface area contributed by atoms with E-state index >= 15 is 0 Å². The highest BCUT2D eigenvalue weighted by atomic mass is 16.1. The van der Waals surface area contributed by atoms with Gasteiger partial charge in [-0.3, -0.25) is 9.69 Å². The molecule has 3 heteroatoms. The van der Waals surface area contributed by atoms with Crippen LogP contribution in [0.3, 0.4) is 0 Å². The van der Waals surface area contributed by atoms with Crippen molar-refractivity contribution in [2.24, 2.45) is 0 Å². The van der Waals surface area contributed by atoms with Gasteiger partial charge in [0.25, 0.3) is 0 Å². The number of hydrogen-bond acceptors (Lipinski definition) is 2. The second kappa shape index (κ2) is 8.75. The van der Waals surface area contributed by atoms with Gasteiger partial charge in [0.05, 0.1) is 6.67 Å². The minimum atomic E-state index is 0.150. The Hall–Kier alpha value is -0.830. The molecular weight excluding hydrogens is 176 g/mol. The van der Waals surface area contributed by atoms with Crippen molar-refractivity contribution in [3.05, 3.63) is 12.7 Å². The van der Waals surface area contributed by atoms with E-state index < -0.39 is 0 Å². The van der Waals surface area contributed by atoms with Crippen LogP contribution >= 0.6 is 0 Å². The molecule has 0 heterocycles. The predicted molar refractivity (Wildman–Crippen MR) is 60.0 cm³/mol. The molecule has 0 saturated carbocycles. The molecule has 1 N–H and O–H groups in total. The maximum Gasteiger partial charge on any atom is 0.220 e. The van der Waals surface area contributed by atoms with Gasteiger partial charge in [-0.2, -0.15) is 0 Å². The molecule has 14 heavy (non-hydrogen) atoms. The molecule has 0 aliphatic rings. The first kappa shape index (κ1) is 13.2. The lowest BCUT2D eigenvalue weighted by Crippen LogP contribution is -2.32. The molecule has 82 valence electrons. The Morgan fingerprint density at radius 3 is 2.64 bits per heavy atom. The third kappa shape index (κ3) is 9.26. The van der Waals surface area contributed by atoms with E-state index in [9.17, 15) is 4.79 Å². The number of rotatable bonds is 8. The summed E-state index contributed by atoms with van der Waals surface area (Å²) in [6.07, 6.45) is 6.86. The van der Waals surface area contributed by atoms with Crippen LogP contribution in [0.15, 0.2) is 12.7 Å². The van der Waals surface area contributed by atoms with Crippen LogP contribution in [0.2, 0.25) is 0 Å². The Bertz CT molecular complexity index is 167. The van der Waals surface area contributed by atoms with E-state index in [4.69, 9.17) is 0 Å². The lowest BCUT2D eigenvalue weighted by Gasteiger charge is -2.10. The van der Waals surface area contributed by atoms with E-state index in [1.54, 1.807) is 0 Å². The SMILES string of the molecule is C=CCCCCCC(=O)NCN(C)C. The Morgan fingerprint density at radius 2 is 2.07 bits per heavy atom. The monoisotopic (exact) mass is 198 g/mol. The highest BCUT2D eigenvalue weighted by Crippen LogP contribution is 2.02. The first-order chi connectivity index (χ1) is 6.66. The van der Waals surface area contributed by atoms with E-state index in [1.807, 2.05) is 25.1 Å². The molecule has 0 aromatic heterocycles. The quantitative estimate of drug-likeness (QED) is 0.366. The van der Waals surface area contributed by atoms with E-state index in [0.29, 0.717) is 13.1 Å². The summed E-state index contributed by atoms with van der Waals surface area (Å²) in [5.41, 5.74) is 0. The van der Waals surface area contributed by atoms with E-state index in [-0.39, 0.29) is 5.91 Å². The van der Waals surface area contributed by atoms with Crippen molar-refractivity contribution in [2.75, 3.05) is 20.8 Å². The largest absolute Gasteiger partial charge is 0.343 e. The number of amides is 1. The average molecular weight is 198 g/mol. The third-order valence-electron chi connectivity index (χ3n) is 1.90. The molecule has 0 saturated heterocycles. The Kier molecular flexibility index (Phi) is 8.24. The van der Waals surface area contributed by atoms with Crippen LogP contribution in [0.25, 0.3) is 0 Å². The summed E-state index contributed by atoms with van der Waals surface area (Å²) >= 11 is 0. The molecule has 3 nitrogen and oxygen atoms in total. The Balaban J connectivity index is 3.22. The number of carbonyl (C=O) groups is 1. The Morgan fingerprint density at radius 1 is 1.36 bits per heavy atom. The van der Waals surface area contributed by atoms with Gasteiger partial charge in [-0.1, -0.05) is 12.5 Å². The van der Waals surface area contributed by atoms with Gasteiger partial charge in [-0.25, -0.2) is 0 Å². The van der Waals surface area contributed by atoms with Gasteiger partial charge >= 0.3 is 0 Å². The maximum absolute atomic E-state index is 11.2. The number of unbranched alkanes of at least 4 members (excludes halogenated alkanes) is 3. The number of carbonyl (C=O) groups excluding carboxylic acids is 1. The normalized spacial score (nSPS) is 10.2. The Labute approximate surface area is 87.2 Å². The molecular formula is C11H22N2O. The molecule has 0 unspecified atom stereocenters. The summed E-state index contributed by atoms with van der Waals surface area (Å²) in [7, 11) is 3.87. The average Bonchev–Trinajstić information content (AvgIpc) is 2.14. The van der Waals surface area contributed by atoms with E-state index in [1.165, 1.54) is 0 Å². The van der Waals surface area contributed by atoms with Gasteiger partial charge < -0.3 is 5.32 Å². The zero-order valence-corrected chi connectivity index (χ0v) is 9.38. The van der Waals surface area contributed by atoms with Crippen molar-refractivity contribution in [2.45, 2.75) is 32.1 Å². The minimum absolute atomic E-state index is 0.150. The summed E-state index contributed by atoms with van der Waals surface area (Å²) < 4.78 is 0. The predicted octanol–water partition coefficient (Wildman–Crippen LogP) is 1.76. The molecule has 0 bridgehead atoms. The van der Waals surface area contributed by atoms with Gasteiger partial charge in [-0.05, 0) is 33.4 Å². The molecule has 0 radical (unpaired) electrons. The smallest absolute Gasteiger partial charge is 0.220 e.